The molecule has 0 fully saturated rings. The minimum Gasteiger partial charge on any atom is -0.285 e. The van der Waals surface area contributed by atoms with Gasteiger partial charge in [-0.15, -0.1) is 11.3 Å². The van der Waals surface area contributed by atoms with E-state index in [9.17, 15) is 22.4 Å². The molecule has 0 saturated carbocycles. The van der Waals surface area contributed by atoms with E-state index in [-0.39, 0.29) is 42.8 Å². The Labute approximate surface area is 196 Å². The van der Waals surface area contributed by atoms with E-state index in [0.29, 0.717) is 11.4 Å². The first-order valence-corrected chi connectivity index (χ1v) is 10.8. The highest BCUT2D eigenvalue weighted by Crippen LogP contribution is 2.33. The van der Waals surface area contributed by atoms with Crippen molar-refractivity contribution in [3.8, 4) is 16.4 Å². The SMILES string of the molecule is Cc1nc2c(=O)c(-c3nc4cnc(C(F)(F)F)cc4s3)nn(-c3ccc(Cl)cc3F)c2nc1C. The average Bonchev–Trinajstić information content (AvgIpc) is 3.18. The average molecular weight is 507 g/mol. The quantitative estimate of drug-likeness (QED) is 0.303. The zero-order chi connectivity index (χ0) is 24.4. The monoisotopic (exact) mass is 506 g/mol. The van der Waals surface area contributed by atoms with E-state index in [1.807, 2.05) is 0 Å². The van der Waals surface area contributed by atoms with Gasteiger partial charge in [0.25, 0.3) is 0 Å². The molecular weight excluding hydrogens is 496 g/mol. The summed E-state index contributed by atoms with van der Waals surface area (Å²) in [5, 5.41) is 4.48. The summed E-state index contributed by atoms with van der Waals surface area (Å²) in [6.07, 6.45) is -3.66. The van der Waals surface area contributed by atoms with Gasteiger partial charge in [-0.2, -0.15) is 18.3 Å². The molecule has 4 heterocycles. The maximum absolute atomic E-state index is 14.8. The molecule has 34 heavy (non-hydrogen) atoms. The van der Waals surface area contributed by atoms with Gasteiger partial charge in [-0.3, -0.25) is 4.79 Å². The summed E-state index contributed by atoms with van der Waals surface area (Å²) in [4.78, 5) is 29.6. The van der Waals surface area contributed by atoms with Crippen LogP contribution in [-0.4, -0.2) is 29.7 Å². The van der Waals surface area contributed by atoms with Crippen LogP contribution in [0.5, 0.6) is 0 Å². The largest absolute Gasteiger partial charge is 0.433 e. The third-order valence-electron chi connectivity index (χ3n) is 5.03. The number of hydrogen-bond donors (Lipinski definition) is 0. The summed E-state index contributed by atoms with van der Waals surface area (Å²) in [6.45, 7) is 3.35. The molecule has 0 bridgehead atoms. The van der Waals surface area contributed by atoms with Crippen LogP contribution in [0, 0.1) is 19.7 Å². The Balaban J connectivity index is 1.82. The van der Waals surface area contributed by atoms with E-state index in [1.54, 1.807) is 13.8 Å². The molecule has 0 amide bonds. The highest BCUT2D eigenvalue weighted by molar-refractivity contribution is 7.21. The highest BCUT2D eigenvalue weighted by Gasteiger charge is 2.33. The van der Waals surface area contributed by atoms with Crippen LogP contribution in [0.15, 0.2) is 35.3 Å². The number of aryl methyl sites for hydroxylation is 2. The summed E-state index contributed by atoms with van der Waals surface area (Å²) in [7, 11) is 0. The van der Waals surface area contributed by atoms with Gasteiger partial charge in [-0.25, -0.2) is 29.0 Å². The molecular formula is C21H11ClF4N6OS. The lowest BCUT2D eigenvalue weighted by molar-refractivity contribution is -0.141. The lowest BCUT2D eigenvalue weighted by atomic mass is 10.2. The van der Waals surface area contributed by atoms with Crippen LogP contribution in [0.4, 0.5) is 17.6 Å². The van der Waals surface area contributed by atoms with Crippen molar-refractivity contribution >= 4 is 44.3 Å². The fourth-order valence-corrected chi connectivity index (χ4v) is 4.36. The van der Waals surface area contributed by atoms with Crippen LogP contribution in [0.1, 0.15) is 17.1 Å². The van der Waals surface area contributed by atoms with Gasteiger partial charge < -0.3 is 0 Å². The molecule has 0 N–H and O–H groups in total. The van der Waals surface area contributed by atoms with Crippen LogP contribution in [-0.2, 0) is 6.18 Å². The molecule has 0 aliphatic carbocycles. The second kappa shape index (κ2) is 7.77. The summed E-state index contributed by atoms with van der Waals surface area (Å²) < 4.78 is 55.2. The number of halogens is 5. The molecule has 0 radical (unpaired) electrons. The van der Waals surface area contributed by atoms with E-state index >= 15 is 0 Å². The summed E-state index contributed by atoms with van der Waals surface area (Å²) in [5.74, 6) is -0.723. The number of thiazole rings is 1. The van der Waals surface area contributed by atoms with Crippen molar-refractivity contribution in [1.29, 1.82) is 0 Å². The second-order valence-corrected chi connectivity index (χ2v) is 8.77. The molecule has 5 rings (SSSR count). The third kappa shape index (κ3) is 3.68. The summed E-state index contributed by atoms with van der Waals surface area (Å²) >= 11 is 6.70. The summed E-state index contributed by atoms with van der Waals surface area (Å²) in [6, 6.07) is 4.75. The number of aromatic nitrogens is 6. The third-order valence-corrected chi connectivity index (χ3v) is 6.29. The van der Waals surface area contributed by atoms with Crippen LogP contribution in [0.3, 0.4) is 0 Å². The summed E-state index contributed by atoms with van der Waals surface area (Å²) in [5.41, 5.74) is -0.910. The maximum atomic E-state index is 14.8. The van der Waals surface area contributed by atoms with Gasteiger partial charge in [-0.05, 0) is 38.1 Å². The molecule has 172 valence electrons. The number of pyridine rings is 1. The first-order valence-electron chi connectivity index (χ1n) is 9.61. The predicted molar refractivity (Wildman–Crippen MR) is 119 cm³/mol. The second-order valence-electron chi connectivity index (χ2n) is 7.31. The molecule has 0 atom stereocenters. The van der Waals surface area contributed by atoms with Gasteiger partial charge in [0.05, 0.1) is 22.3 Å². The highest BCUT2D eigenvalue weighted by atomic mass is 35.5. The van der Waals surface area contributed by atoms with Gasteiger partial charge in [0, 0.05) is 5.02 Å². The molecule has 0 spiro atoms. The fraction of sp³-hybridized carbons (Fsp3) is 0.143. The van der Waals surface area contributed by atoms with Gasteiger partial charge >= 0.3 is 6.18 Å². The van der Waals surface area contributed by atoms with Crippen LogP contribution >= 0.6 is 22.9 Å². The van der Waals surface area contributed by atoms with Crippen molar-refractivity contribution in [1.82, 2.24) is 29.7 Å². The Kier molecular flexibility index (Phi) is 5.10. The molecule has 7 nitrogen and oxygen atoms in total. The maximum Gasteiger partial charge on any atom is 0.433 e. The number of hydrogen-bond acceptors (Lipinski definition) is 7. The van der Waals surface area contributed by atoms with Crippen molar-refractivity contribution in [2.24, 2.45) is 0 Å². The van der Waals surface area contributed by atoms with Crippen LogP contribution < -0.4 is 5.43 Å². The molecule has 0 saturated heterocycles. The number of rotatable bonds is 2. The van der Waals surface area contributed by atoms with E-state index in [1.165, 1.54) is 12.1 Å². The molecule has 0 aliphatic rings. The smallest absolute Gasteiger partial charge is 0.285 e. The minimum absolute atomic E-state index is 0.0141. The van der Waals surface area contributed by atoms with Crippen molar-refractivity contribution < 1.29 is 17.6 Å². The normalized spacial score (nSPS) is 12.1. The van der Waals surface area contributed by atoms with Crippen molar-refractivity contribution in [3.05, 3.63) is 68.6 Å². The fourth-order valence-electron chi connectivity index (χ4n) is 3.25. The van der Waals surface area contributed by atoms with Crippen molar-refractivity contribution in [2.45, 2.75) is 20.0 Å². The van der Waals surface area contributed by atoms with E-state index < -0.39 is 23.1 Å². The number of fused-ring (bicyclic) bond motifs is 2. The Morgan fingerprint density at radius 2 is 1.79 bits per heavy atom. The number of benzene rings is 1. The number of nitrogens with zero attached hydrogens (tertiary/aromatic N) is 6. The van der Waals surface area contributed by atoms with Crippen molar-refractivity contribution in [2.75, 3.05) is 0 Å². The van der Waals surface area contributed by atoms with Crippen LogP contribution in [0.25, 0.3) is 37.8 Å². The van der Waals surface area contributed by atoms with Gasteiger partial charge in [-0.1, -0.05) is 11.6 Å². The van der Waals surface area contributed by atoms with E-state index in [0.717, 1.165) is 34.3 Å². The molecule has 1 aromatic carbocycles. The van der Waals surface area contributed by atoms with Gasteiger partial charge in [0.1, 0.15) is 27.7 Å². The lowest BCUT2D eigenvalue weighted by Crippen LogP contribution is -2.19. The van der Waals surface area contributed by atoms with Crippen LogP contribution in [0.2, 0.25) is 5.02 Å². The Bertz CT molecular complexity index is 1680. The minimum atomic E-state index is -4.64. The van der Waals surface area contributed by atoms with E-state index in [2.05, 4.69) is 25.0 Å². The first-order chi connectivity index (χ1) is 16.0. The molecule has 4 aromatic heterocycles. The van der Waals surface area contributed by atoms with Gasteiger partial charge in [0.2, 0.25) is 5.43 Å². The zero-order valence-electron chi connectivity index (χ0n) is 17.3. The van der Waals surface area contributed by atoms with Gasteiger partial charge in [0.15, 0.2) is 16.9 Å². The zero-order valence-corrected chi connectivity index (χ0v) is 18.8. The predicted octanol–water partition coefficient (Wildman–Crippen LogP) is 5.28. The molecule has 0 unspecified atom stereocenters. The lowest BCUT2D eigenvalue weighted by Gasteiger charge is -2.12. The Hall–Kier alpha value is -3.51. The Morgan fingerprint density at radius 1 is 1.06 bits per heavy atom. The van der Waals surface area contributed by atoms with E-state index in [4.69, 9.17) is 11.6 Å². The molecule has 0 aliphatic heterocycles. The topological polar surface area (TPSA) is 86.5 Å². The van der Waals surface area contributed by atoms with Crippen molar-refractivity contribution in [3.63, 3.8) is 0 Å². The standard InChI is InChI=1S/C21H11ClF4N6OS/c1-8-9(2)29-19-16(28-8)18(33)17(31-32(19)13-4-3-10(22)5-11(13)23)20-30-12-7-27-15(21(24,25)26)6-14(12)34-20/h3-7H,1-2H3. The molecule has 5 aromatic rings. The number of alkyl halides is 3. The first kappa shape index (κ1) is 22.3. The molecule has 13 heteroatoms. The Morgan fingerprint density at radius 3 is 2.50 bits per heavy atom.